The molecule has 3 amide bonds. The van der Waals surface area contributed by atoms with Gasteiger partial charge in [-0.1, -0.05) is 24.3 Å². The molecule has 4 rings (SSSR count). The number of aromatic nitrogens is 1. The molecule has 0 atom stereocenters. The highest BCUT2D eigenvalue weighted by Gasteiger charge is 2.24. The minimum absolute atomic E-state index is 0.264. The minimum Gasteiger partial charge on any atom is -0.465 e. The summed E-state index contributed by atoms with van der Waals surface area (Å²) in [5, 5.41) is 15.1. The number of anilines is 2. The van der Waals surface area contributed by atoms with Crippen molar-refractivity contribution in [2.24, 2.45) is 0 Å². The van der Waals surface area contributed by atoms with Crippen molar-refractivity contribution in [2.45, 2.75) is 12.8 Å². The predicted octanol–water partition coefficient (Wildman–Crippen LogP) is 3.09. The van der Waals surface area contributed by atoms with Gasteiger partial charge in [0.25, 0.3) is 11.8 Å². The van der Waals surface area contributed by atoms with Crippen molar-refractivity contribution in [3.63, 3.8) is 0 Å². The fraction of sp³-hybridized carbons (Fsp3) is 0.182. The third-order valence-corrected chi connectivity index (χ3v) is 5.12. The molecule has 2 heterocycles. The Kier molecular flexibility index (Phi) is 5.05. The smallest absolute Gasteiger partial charge is 0.411 e. The predicted molar refractivity (Wildman–Crippen MR) is 112 cm³/mol. The molecule has 30 heavy (non-hydrogen) atoms. The lowest BCUT2D eigenvalue weighted by molar-refractivity contribution is 0.0942. The molecule has 0 bridgehead atoms. The van der Waals surface area contributed by atoms with Gasteiger partial charge >= 0.3 is 6.09 Å². The van der Waals surface area contributed by atoms with Crippen LogP contribution in [0.3, 0.4) is 0 Å². The molecule has 0 fully saturated rings. The van der Waals surface area contributed by atoms with Gasteiger partial charge in [0.05, 0.1) is 0 Å². The van der Waals surface area contributed by atoms with Crippen LogP contribution in [0.25, 0.3) is 10.8 Å². The van der Waals surface area contributed by atoms with Crippen LogP contribution >= 0.6 is 0 Å². The molecule has 1 aromatic heterocycles. The Balaban J connectivity index is 1.81. The Hall–Kier alpha value is -3.94. The second-order valence-corrected chi connectivity index (χ2v) is 6.99. The van der Waals surface area contributed by atoms with Crippen LogP contribution in [-0.4, -0.2) is 41.6 Å². The van der Waals surface area contributed by atoms with Crippen molar-refractivity contribution >= 4 is 40.2 Å². The molecule has 2 aromatic carbocycles. The number of carbonyl (C=O) groups is 3. The Bertz CT molecular complexity index is 1180. The molecule has 3 N–H and O–H groups in total. The molecule has 8 nitrogen and oxygen atoms in total. The highest BCUT2D eigenvalue weighted by molar-refractivity contribution is 6.04. The first kappa shape index (κ1) is 19.4. The highest BCUT2D eigenvalue weighted by Crippen LogP contribution is 2.37. The number of aryl methyl sites for hydroxylation is 1. The third-order valence-electron chi connectivity index (χ3n) is 5.12. The first-order valence-electron chi connectivity index (χ1n) is 9.54. The van der Waals surface area contributed by atoms with Crippen LogP contribution in [0.15, 0.2) is 48.5 Å². The topological polar surface area (TPSA) is 112 Å². The van der Waals surface area contributed by atoms with Gasteiger partial charge in [-0.15, -0.1) is 0 Å². The van der Waals surface area contributed by atoms with Crippen molar-refractivity contribution in [1.82, 2.24) is 15.6 Å². The second-order valence-electron chi connectivity index (χ2n) is 6.99. The summed E-state index contributed by atoms with van der Waals surface area (Å²) >= 11 is 0. The van der Waals surface area contributed by atoms with Crippen LogP contribution in [0, 0.1) is 0 Å². The Morgan fingerprint density at radius 1 is 1.07 bits per heavy atom. The molecular formula is C22H20N4O4. The fourth-order valence-electron chi connectivity index (χ4n) is 3.76. The van der Waals surface area contributed by atoms with Crippen molar-refractivity contribution in [3.05, 3.63) is 65.4 Å². The van der Waals surface area contributed by atoms with Crippen LogP contribution in [0.2, 0.25) is 0 Å². The van der Waals surface area contributed by atoms with Crippen molar-refractivity contribution in [2.75, 3.05) is 18.5 Å². The van der Waals surface area contributed by atoms with Crippen molar-refractivity contribution < 1.29 is 19.5 Å². The van der Waals surface area contributed by atoms with E-state index in [0.717, 1.165) is 34.9 Å². The normalized spacial score (nSPS) is 12.9. The fourth-order valence-corrected chi connectivity index (χ4v) is 3.76. The van der Waals surface area contributed by atoms with Crippen LogP contribution in [-0.2, 0) is 6.42 Å². The summed E-state index contributed by atoms with van der Waals surface area (Å²) in [5.41, 5.74) is 2.43. The Labute approximate surface area is 172 Å². The molecule has 1 aliphatic heterocycles. The molecule has 0 spiro atoms. The summed E-state index contributed by atoms with van der Waals surface area (Å²) in [7, 11) is 1.57. The average Bonchev–Trinajstić information content (AvgIpc) is 2.76. The zero-order valence-electron chi connectivity index (χ0n) is 16.3. The molecule has 1 aliphatic rings. The molecular weight excluding hydrogens is 384 g/mol. The van der Waals surface area contributed by atoms with Gasteiger partial charge in [-0.25, -0.2) is 9.78 Å². The van der Waals surface area contributed by atoms with Crippen LogP contribution in [0.1, 0.15) is 32.8 Å². The highest BCUT2D eigenvalue weighted by atomic mass is 16.4. The van der Waals surface area contributed by atoms with Gasteiger partial charge in [-0.3, -0.25) is 14.9 Å². The summed E-state index contributed by atoms with van der Waals surface area (Å²) in [4.78, 5) is 41.8. The number of benzene rings is 2. The number of carbonyl (C=O) groups excluding carboxylic acids is 2. The lowest BCUT2D eigenvalue weighted by Crippen LogP contribution is -2.30. The first-order valence-corrected chi connectivity index (χ1v) is 9.54. The summed E-state index contributed by atoms with van der Waals surface area (Å²) in [6.45, 7) is 0.710. The van der Waals surface area contributed by atoms with E-state index in [4.69, 9.17) is 5.11 Å². The Morgan fingerprint density at radius 2 is 1.87 bits per heavy atom. The van der Waals surface area contributed by atoms with Crippen molar-refractivity contribution in [3.8, 4) is 0 Å². The van der Waals surface area contributed by atoms with E-state index >= 15 is 0 Å². The van der Waals surface area contributed by atoms with Gasteiger partial charge in [-0.2, -0.15) is 0 Å². The average molecular weight is 404 g/mol. The SMILES string of the molecule is CNC(=O)c1cc2ccccc2c(N2CCCc3cc(C(=O)NC(=O)O)ccc32)n1. The van der Waals surface area contributed by atoms with Crippen LogP contribution < -0.4 is 15.5 Å². The minimum atomic E-state index is -1.39. The third kappa shape index (κ3) is 3.55. The monoisotopic (exact) mass is 404 g/mol. The lowest BCUT2D eigenvalue weighted by Gasteiger charge is -2.31. The second kappa shape index (κ2) is 7.82. The van der Waals surface area contributed by atoms with Gasteiger partial charge in [0.15, 0.2) is 0 Å². The standard InChI is InChI=1S/C22H20N4O4/c1-23-21(28)17-12-13-5-2-3-7-16(13)19(24-17)26-10-4-6-14-11-15(8-9-18(14)26)20(27)25-22(29)30/h2-3,5,7-9,11-12H,4,6,10H2,1H3,(H,23,28)(H,25,27)(H,29,30). The zero-order chi connectivity index (χ0) is 21.3. The molecule has 0 saturated heterocycles. The maximum absolute atomic E-state index is 12.3. The van der Waals surface area contributed by atoms with E-state index < -0.39 is 12.0 Å². The number of hydrogen-bond acceptors (Lipinski definition) is 5. The van der Waals surface area contributed by atoms with E-state index in [0.29, 0.717) is 18.1 Å². The molecule has 0 unspecified atom stereocenters. The van der Waals surface area contributed by atoms with E-state index in [1.807, 2.05) is 34.5 Å². The molecule has 3 aromatic rings. The summed E-state index contributed by atoms with van der Waals surface area (Å²) < 4.78 is 0. The van der Waals surface area contributed by atoms with E-state index in [1.165, 1.54) is 0 Å². The largest absolute Gasteiger partial charge is 0.465 e. The van der Waals surface area contributed by atoms with Gasteiger partial charge in [0, 0.05) is 30.2 Å². The number of imide groups is 1. The van der Waals surface area contributed by atoms with Crippen LogP contribution in [0.4, 0.5) is 16.3 Å². The van der Waals surface area contributed by atoms with E-state index in [9.17, 15) is 14.4 Å². The lowest BCUT2D eigenvalue weighted by atomic mass is 9.98. The van der Waals surface area contributed by atoms with E-state index in [-0.39, 0.29) is 11.5 Å². The van der Waals surface area contributed by atoms with Gasteiger partial charge in [-0.05, 0) is 48.1 Å². The number of nitrogens with one attached hydrogen (secondary N) is 2. The van der Waals surface area contributed by atoms with Crippen molar-refractivity contribution in [1.29, 1.82) is 0 Å². The molecule has 0 saturated carbocycles. The molecule has 0 aliphatic carbocycles. The van der Waals surface area contributed by atoms with Crippen LogP contribution in [0.5, 0.6) is 0 Å². The maximum atomic E-state index is 12.3. The summed E-state index contributed by atoms with van der Waals surface area (Å²) in [5.74, 6) is -0.247. The number of rotatable bonds is 3. The molecule has 8 heteroatoms. The quantitative estimate of drug-likeness (QED) is 0.619. The van der Waals surface area contributed by atoms with Gasteiger partial charge in [0.1, 0.15) is 11.5 Å². The maximum Gasteiger partial charge on any atom is 0.411 e. The summed E-state index contributed by atoms with van der Waals surface area (Å²) in [6.07, 6.45) is 0.200. The number of pyridine rings is 1. The Morgan fingerprint density at radius 3 is 2.63 bits per heavy atom. The van der Waals surface area contributed by atoms with E-state index in [2.05, 4.69) is 10.3 Å². The number of nitrogens with zero attached hydrogens (tertiary/aromatic N) is 2. The van der Waals surface area contributed by atoms with E-state index in [1.54, 1.807) is 31.3 Å². The summed E-state index contributed by atoms with van der Waals surface area (Å²) in [6, 6.07) is 14.6. The van der Waals surface area contributed by atoms with Gasteiger partial charge < -0.3 is 15.3 Å². The number of amides is 3. The number of fused-ring (bicyclic) bond motifs is 2. The van der Waals surface area contributed by atoms with Gasteiger partial charge in [0.2, 0.25) is 0 Å². The number of carboxylic acid groups (broad SMARTS) is 1. The molecule has 0 radical (unpaired) electrons. The first-order chi connectivity index (χ1) is 14.5. The molecule has 152 valence electrons. The number of hydrogen-bond donors (Lipinski definition) is 3. The zero-order valence-corrected chi connectivity index (χ0v) is 16.3.